The maximum absolute atomic E-state index is 12.3. The predicted molar refractivity (Wildman–Crippen MR) is 72.5 cm³/mol. The topological polar surface area (TPSA) is 84.7 Å². The first-order chi connectivity index (χ1) is 9.11. The Balaban J connectivity index is 2.65. The van der Waals surface area contributed by atoms with E-state index in [4.69, 9.17) is 10.5 Å². The lowest BCUT2D eigenvalue weighted by atomic mass is 10.1. The van der Waals surface area contributed by atoms with E-state index in [1.165, 1.54) is 0 Å². The van der Waals surface area contributed by atoms with E-state index in [1.54, 1.807) is 4.90 Å². The SMILES string of the molecule is CCCCC(N)C(=O)N1CCOCC1C(=O)NCC. The average Bonchev–Trinajstić information content (AvgIpc) is 2.44. The van der Waals surface area contributed by atoms with Gasteiger partial charge >= 0.3 is 0 Å². The normalized spacial score (nSPS) is 21.0. The zero-order chi connectivity index (χ0) is 14.3. The lowest BCUT2D eigenvalue weighted by Crippen LogP contribution is -2.59. The molecule has 0 saturated carbocycles. The summed E-state index contributed by atoms with van der Waals surface area (Å²) in [5, 5.41) is 2.73. The molecular formula is C13H25N3O3. The van der Waals surface area contributed by atoms with Gasteiger partial charge < -0.3 is 20.7 Å². The van der Waals surface area contributed by atoms with Crippen molar-refractivity contribution in [2.45, 2.75) is 45.2 Å². The third-order valence-electron chi connectivity index (χ3n) is 3.25. The van der Waals surface area contributed by atoms with Gasteiger partial charge in [0.1, 0.15) is 6.04 Å². The Bertz CT molecular complexity index is 310. The van der Waals surface area contributed by atoms with Gasteiger partial charge in [-0.05, 0) is 13.3 Å². The maximum Gasteiger partial charge on any atom is 0.245 e. The summed E-state index contributed by atoms with van der Waals surface area (Å²) in [5.74, 6) is -0.314. The average molecular weight is 271 g/mol. The first-order valence-electron chi connectivity index (χ1n) is 7.03. The molecule has 110 valence electrons. The fraction of sp³-hybridized carbons (Fsp3) is 0.846. The number of carbonyl (C=O) groups is 2. The van der Waals surface area contributed by atoms with Gasteiger partial charge in [-0.25, -0.2) is 0 Å². The smallest absolute Gasteiger partial charge is 0.245 e. The van der Waals surface area contributed by atoms with Gasteiger partial charge in [0.05, 0.1) is 19.3 Å². The van der Waals surface area contributed by atoms with Crippen LogP contribution in [0.15, 0.2) is 0 Å². The molecule has 1 fully saturated rings. The Morgan fingerprint density at radius 1 is 1.47 bits per heavy atom. The van der Waals surface area contributed by atoms with Crippen molar-refractivity contribution in [1.29, 1.82) is 0 Å². The van der Waals surface area contributed by atoms with Crippen molar-refractivity contribution in [3.8, 4) is 0 Å². The number of unbranched alkanes of at least 4 members (excludes halogenated alkanes) is 1. The van der Waals surface area contributed by atoms with Gasteiger partial charge in [-0.1, -0.05) is 19.8 Å². The molecule has 0 aliphatic carbocycles. The van der Waals surface area contributed by atoms with Crippen molar-refractivity contribution < 1.29 is 14.3 Å². The molecule has 0 aromatic rings. The number of hydrogen-bond acceptors (Lipinski definition) is 4. The number of ether oxygens (including phenoxy) is 1. The summed E-state index contributed by atoms with van der Waals surface area (Å²) in [4.78, 5) is 25.8. The molecule has 2 atom stereocenters. The second-order valence-electron chi connectivity index (χ2n) is 4.77. The zero-order valence-corrected chi connectivity index (χ0v) is 11.9. The second kappa shape index (κ2) is 8.12. The third kappa shape index (κ3) is 4.47. The van der Waals surface area contributed by atoms with Crippen LogP contribution < -0.4 is 11.1 Å². The summed E-state index contributed by atoms with van der Waals surface area (Å²) >= 11 is 0. The molecule has 3 N–H and O–H groups in total. The van der Waals surface area contributed by atoms with E-state index in [2.05, 4.69) is 12.2 Å². The van der Waals surface area contributed by atoms with E-state index in [9.17, 15) is 9.59 Å². The summed E-state index contributed by atoms with van der Waals surface area (Å²) in [6.45, 7) is 5.59. The predicted octanol–water partition coefficient (Wildman–Crippen LogP) is -0.133. The van der Waals surface area contributed by atoms with Crippen LogP contribution in [0.25, 0.3) is 0 Å². The molecule has 0 aromatic heterocycles. The third-order valence-corrected chi connectivity index (χ3v) is 3.25. The van der Waals surface area contributed by atoms with E-state index in [1.807, 2.05) is 6.92 Å². The number of rotatable bonds is 6. The Kier molecular flexibility index (Phi) is 6.80. The van der Waals surface area contributed by atoms with Crippen molar-refractivity contribution in [2.24, 2.45) is 5.73 Å². The second-order valence-corrected chi connectivity index (χ2v) is 4.77. The number of hydrogen-bond donors (Lipinski definition) is 2. The van der Waals surface area contributed by atoms with Crippen molar-refractivity contribution in [3.63, 3.8) is 0 Å². The highest BCUT2D eigenvalue weighted by atomic mass is 16.5. The summed E-state index contributed by atoms with van der Waals surface area (Å²) < 4.78 is 5.30. The van der Waals surface area contributed by atoms with Gasteiger partial charge in [-0.15, -0.1) is 0 Å². The van der Waals surface area contributed by atoms with Crippen molar-refractivity contribution in [1.82, 2.24) is 10.2 Å². The monoisotopic (exact) mass is 271 g/mol. The van der Waals surface area contributed by atoms with E-state index in [-0.39, 0.29) is 18.4 Å². The highest BCUT2D eigenvalue weighted by molar-refractivity contribution is 5.90. The van der Waals surface area contributed by atoms with E-state index >= 15 is 0 Å². The molecule has 0 bridgehead atoms. The number of amides is 2. The van der Waals surface area contributed by atoms with E-state index < -0.39 is 12.1 Å². The molecule has 0 aromatic carbocycles. The van der Waals surface area contributed by atoms with Crippen LogP contribution in [0.3, 0.4) is 0 Å². The maximum atomic E-state index is 12.3. The first-order valence-corrected chi connectivity index (χ1v) is 7.03. The molecule has 1 rings (SSSR count). The Morgan fingerprint density at radius 2 is 2.21 bits per heavy atom. The minimum Gasteiger partial charge on any atom is -0.377 e. The number of morpholine rings is 1. The number of nitrogens with two attached hydrogens (primary N) is 1. The van der Waals surface area contributed by atoms with Gasteiger partial charge in [0, 0.05) is 13.1 Å². The molecule has 6 nitrogen and oxygen atoms in total. The largest absolute Gasteiger partial charge is 0.377 e. The fourth-order valence-corrected chi connectivity index (χ4v) is 2.14. The fourth-order valence-electron chi connectivity index (χ4n) is 2.14. The van der Waals surface area contributed by atoms with E-state index in [0.29, 0.717) is 26.1 Å². The summed E-state index contributed by atoms with van der Waals surface area (Å²) in [6, 6.07) is -1.07. The van der Waals surface area contributed by atoms with Gasteiger partial charge in [0.25, 0.3) is 0 Å². The molecule has 1 aliphatic rings. The van der Waals surface area contributed by atoms with Crippen LogP contribution in [0.2, 0.25) is 0 Å². The zero-order valence-electron chi connectivity index (χ0n) is 11.9. The number of carbonyl (C=O) groups excluding carboxylic acids is 2. The minimum atomic E-state index is -0.547. The van der Waals surface area contributed by atoms with Crippen LogP contribution in [0, 0.1) is 0 Å². The molecule has 0 spiro atoms. The van der Waals surface area contributed by atoms with Crippen molar-refractivity contribution in [3.05, 3.63) is 0 Å². The number of likely N-dealkylation sites (N-methyl/N-ethyl adjacent to an activating group) is 1. The molecule has 2 amide bonds. The van der Waals surface area contributed by atoms with Crippen LogP contribution in [-0.2, 0) is 14.3 Å². The number of nitrogens with one attached hydrogen (secondary N) is 1. The summed E-state index contributed by atoms with van der Waals surface area (Å²) in [5.41, 5.74) is 5.91. The Morgan fingerprint density at radius 3 is 2.84 bits per heavy atom. The molecular weight excluding hydrogens is 246 g/mol. The van der Waals surface area contributed by atoms with Crippen molar-refractivity contribution in [2.75, 3.05) is 26.3 Å². The molecule has 1 aliphatic heterocycles. The number of nitrogens with zero attached hydrogens (tertiary/aromatic N) is 1. The van der Waals surface area contributed by atoms with Crippen LogP contribution in [-0.4, -0.2) is 55.1 Å². The van der Waals surface area contributed by atoms with Gasteiger partial charge in [0.2, 0.25) is 11.8 Å². The Hall–Kier alpha value is -1.14. The Labute approximate surface area is 114 Å². The standard InChI is InChI=1S/C13H25N3O3/c1-3-5-6-10(14)13(18)16-7-8-19-9-11(16)12(17)15-4-2/h10-11H,3-9,14H2,1-2H3,(H,15,17). The van der Waals surface area contributed by atoms with Crippen molar-refractivity contribution >= 4 is 11.8 Å². The molecule has 1 heterocycles. The molecule has 6 heteroatoms. The van der Waals surface area contributed by atoms with Crippen LogP contribution in [0.5, 0.6) is 0 Å². The molecule has 0 radical (unpaired) electrons. The quantitative estimate of drug-likeness (QED) is 0.704. The van der Waals surface area contributed by atoms with Gasteiger partial charge in [-0.3, -0.25) is 9.59 Å². The van der Waals surface area contributed by atoms with Crippen LogP contribution in [0.4, 0.5) is 0 Å². The summed E-state index contributed by atoms with van der Waals surface area (Å²) in [6.07, 6.45) is 2.59. The van der Waals surface area contributed by atoms with Gasteiger partial charge in [0.15, 0.2) is 0 Å². The molecule has 2 unspecified atom stereocenters. The molecule has 1 saturated heterocycles. The van der Waals surface area contributed by atoms with Crippen LogP contribution >= 0.6 is 0 Å². The van der Waals surface area contributed by atoms with Crippen LogP contribution in [0.1, 0.15) is 33.1 Å². The minimum absolute atomic E-state index is 0.145. The highest BCUT2D eigenvalue weighted by Gasteiger charge is 2.34. The van der Waals surface area contributed by atoms with E-state index in [0.717, 1.165) is 12.8 Å². The molecule has 19 heavy (non-hydrogen) atoms. The highest BCUT2D eigenvalue weighted by Crippen LogP contribution is 2.11. The summed E-state index contributed by atoms with van der Waals surface area (Å²) in [7, 11) is 0. The first kappa shape index (κ1) is 15.9. The lowest BCUT2D eigenvalue weighted by Gasteiger charge is -2.36. The van der Waals surface area contributed by atoms with Gasteiger partial charge in [-0.2, -0.15) is 0 Å². The lowest BCUT2D eigenvalue weighted by molar-refractivity contribution is -0.149.